The van der Waals surface area contributed by atoms with Crippen LogP contribution in [0.4, 0.5) is 5.82 Å². The van der Waals surface area contributed by atoms with Gasteiger partial charge in [-0.25, -0.2) is 4.98 Å². The molecule has 2 heterocycles. The second kappa shape index (κ2) is 7.34. The van der Waals surface area contributed by atoms with Crippen LogP contribution in [0.1, 0.15) is 17.5 Å². The van der Waals surface area contributed by atoms with Crippen molar-refractivity contribution in [2.45, 2.75) is 25.9 Å². The van der Waals surface area contributed by atoms with Crippen LogP contribution in [-0.4, -0.2) is 36.1 Å². The lowest BCUT2D eigenvalue weighted by atomic mass is 10.1. The quantitative estimate of drug-likeness (QED) is 0.749. The molecule has 4 heteroatoms. The van der Waals surface area contributed by atoms with E-state index in [4.69, 9.17) is 9.72 Å². The van der Waals surface area contributed by atoms with Crippen molar-refractivity contribution in [3.05, 3.63) is 65.7 Å². The predicted octanol–water partition coefficient (Wildman–Crippen LogP) is 4.24. The highest BCUT2D eigenvalue weighted by Crippen LogP contribution is 2.26. The second-order valence-corrected chi connectivity index (χ2v) is 7.06. The molecule has 26 heavy (non-hydrogen) atoms. The zero-order valence-electron chi connectivity index (χ0n) is 15.4. The Morgan fingerprint density at radius 1 is 1.15 bits per heavy atom. The average Bonchev–Trinajstić information content (AvgIpc) is 3.09. The lowest BCUT2D eigenvalue weighted by Gasteiger charge is -2.18. The van der Waals surface area contributed by atoms with Gasteiger partial charge in [-0.05, 0) is 48.7 Å². The molecule has 1 N–H and O–H groups in total. The Hall–Kier alpha value is -2.59. The fourth-order valence-corrected chi connectivity index (χ4v) is 3.72. The number of aryl methyl sites for hydroxylation is 1. The van der Waals surface area contributed by atoms with Gasteiger partial charge in [0.1, 0.15) is 11.6 Å². The predicted molar refractivity (Wildman–Crippen MR) is 107 cm³/mol. The third-order valence-electron chi connectivity index (χ3n) is 5.10. The maximum Gasteiger partial charge on any atom is 0.127 e. The molecule has 1 aromatic heterocycles. The van der Waals surface area contributed by atoms with Crippen LogP contribution in [0.5, 0.6) is 5.75 Å². The minimum absolute atomic E-state index is 0.446. The molecule has 0 bridgehead atoms. The Balaban J connectivity index is 1.44. The van der Waals surface area contributed by atoms with Crippen LogP contribution in [0, 0.1) is 6.92 Å². The van der Waals surface area contributed by atoms with Gasteiger partial charge < -0.3 is 10.1 Å². The monoisotopic (exact) mass is 347 g/mol. The third-order valence-corrected chi connectivity index (χ3v) is 5.10. The largest absolute Gasteiger partial charge is 0.497 e. The SMILES string of the molecule is COc1ccc2nc(NC3CCN(Cc4ccccc4)C3)cc(C)c2c1. The number of likely N-dealkylation sites (tertiary alicyclic amines) is 1. The Bertz CT molecular complexity index is 895. The highest BCUT2D eigenvalue weighted by Gasteiger charge is 2.22. The molecule has 4 nitrogen and oxygen atoms in total. The van der Waals surface area contributed by atoms with Crippen molar-refractivity contribution in [1.82, 2.24) is 9.88 Å². The van der Waals surface area contributed by atoms with E-state index in [-0.39, 0.29) is 0 Å². The van der Waals surface area contributed by atoms with Gasteiger partial charge in [0.2, 0.25) is 0 Å². The van der Waals surface area contributed by atoms with Crippen LogP contribution in [-0.2, 0) is 6.54 Å². The van der Waals surface area contributed by atoms with Crippen molar-refractivity contribution in [2.24, 2.45) is 0 Å². The third kappa shape index (κ3) is 3.65. The lowest BCUT2D eigenvalue weighted by Crippen LogP contribution is -2.26. The highest BCUT2D eigenvalue weighted by molar-refractivity contribution is 5.85. The molecule has 1 unspecified atom stereocenters. The first-order valence-corrected chi connectivity index (χ1v) is 9.19. The molecule has 3 aromatic rings. The number of anilines is 1. The summed E-state index contributed by atoms with van der Waals surface area (Å²) in [5.41, 5.74) is 3.60. The van der Waals surface area contributed by atoms with E-state index >= 15 is 0 Å². The normalized spacial score (nSPS) is 17.5. The molecule has 0 saturated carbocycles. The van der Waals surface area contributed by atoms with Gasteiger partial charge in [0.25, 0.3) is 0 Å². The number of hydrogen-bond donors (Lipinski definition) is 1. The van der Waals surface area contributed by atoms with Gasteiger partial charge in [0, 0.05) is 31.1 Å². The molecule has 1 fully saturated rings. The Morgan fingerprint density at radius 3 is 2.81 bits per heavy atom. The summed E-state index contributed by atoms with van der Waals surface area (Å²) in [6, 6.07) is 19.3. The van der Waals surface area contributed by atoms with E-state index in [1.807, 2.05) is 12.1 Å². The molecule has 4 rings (SSSR count). The van der Waals surface area contributed by atoms with Gasteiger partial charge in [-0.2, -0.15) is 0 Å². The first kappa shape index (κ1) is 16.9. The van der Waals surface area contributed by atoms with Crippen molar-refractivity contribution in [3.8, 4) is 5.75 Å². The van der Waals surface area contributed by atoms with E-state index in [2.05, 4.69) is 59.6 Å². The van der Waals surface area contributed by atoms with Crippen molar-refractivity contribution in [1.29, 1.82) is 0 Å². The summed E-state index contributed by atoms with van der Waals surface area (Å²) in [7, 11) is 1.70. The van der Waals surface area contributed by atoms with E-state index in [9.17, 15) is 0 Å². The van der Waals surface area contributed by atoms with Crippen molar-refractivity contribution in [2.75, 3.05) is 25.5 Å². The summed E-state index contributed by atoms with van der Waals surface area (Å²) in [5, 5.41) is 4.78. The fraction of sp³-hybridized carbons (Fsp3) is 0.318. The van der Waals surface area contributed by atoms with Gasteiger partial charge in [-0.1, -0.05) is 30.3 Å². The second-order valence-electron chi connectivity index (χ2n) is 7.06. The van der Waals surface area contributed by atoms with Crippen LogP contribution in [0.15, 0.2) is 54.6 Å². The molecule has 1 saturated heterocycles. The Kier molecular flexibility index (Phi) is 4.76. The summed E-state index contributed by atoms with van der Waals surface area (Å²) >= 11 is 0. The molecule has 0 amide bonds. The highest BCUT2D eigenvalue weighted by atomic mass is 16.5. The molecule has 0 aliphatic carbocycles. The molecule has 1 aliphatic heterocycles. The first-order chi connectivity index (χ1) is 12.7. The van der Waals surface area contributed by atoms with Crippen LogP contribution in [0.2, 0.25) is 0 Å². The van der Waals surface area contributed by atoms with E-state index in [0.717, 1.165) is 48.5 Å². The van der Waals surface area contributed by atoms with Crippen molar-refractivity contribution >= 4 is 16.7 Å². The fourth-order valence-electron chi connectivity index (χ4n) is 3.72. The Labute approximate surface area is 154 Å². The number of methoxy groups -OCH3 is 1. The van der Waals surface area contributed by atoms with Gasteiger partial charge in [-0.15, -0.1) is 0 Å². The zero-order chi connectivity index (χ0) is 17.9. The van der Waals surface area contributed by atoms with E-state index in [1.54, 1.807) is 7.11 Å². The minimum Gasteiger partial charge on any atom is -0.497 e. The number of hydrogen-bond acceptors (Lipinski definition) is 4. The number of ether oxygens (including phenoxy) is 1. The van der Waals surface area contributed by atoms with E-state index in [0.29, 0.717) is 6.04 Å². The first-order valence-electron chi connectivity index (χ1n) is 9.19. The van der Waals surface area contributed by atoms with E-state index < -0.39 is 0 Å². The van der Waals surface area contributed by atoms with Crippen LogP contribution < -0.4 is 10.1 Å². The van der Waals surface area contributed by atoms with Crippen molar-refractivity contribution < 1.29 is 4.74 Å². The number of nitrogens with one attached hydrogen (secondary N) is 1. The van der Waals surface area contributed by atoms with Gasteiger partial charge in [-0.3, -0.25) is 4.90 Å². The van der Waals surface area contributed by atoms with Gasteiger partial charge >= 0.3 is 0 Å². The maximum atomic E-state index is 5.33. The number of benzene rings is 2. The lowest BCUT2D eigenvalue weighted by molar-refractivity contribution is 0.328. The topological polar surface area (TPSA) is 37.4 Å². The van der Waals surface area contributed by atoms with Gasteiger partial charge in [0.15, 0.2) is 0 Å². The molecule has 0 radical (unpaired) electrons. The number of aromatic nitrogens is 1. The van der Waals surface area contributed by atoms with Gasteiger partial charge in [0.05, 0.1) is 12.6 Å². The number of rotatable bonds is 5. The molecule has 134 valence electrons. The summed E-state index contributed by atoms with van der Waals surface area (Å²) in [6.07, 6.45) is 1.15. The summed E-state index contributed by atoms with van der Waals surface area (Å²) in [6.45, 7) is 5.32. The van der Waals surface area contributed by atoms with Crippen LogP contribution >= 0.6 is 0 Å². The number of nitrogens with zero attached hydrogens (tertiary/aromatic N) is 2. The summed E-state index contributed by atoms with van der Waals surface area (Å²) < 4.78 is 5.33. The molecule has 1 atom stereocenters. The van der Waals surface area contributed by atoms with E-state index in [1.165, 1.54) is 11.1 Å². The number of pyridine rings is 1. The number of fused-ring (bicyclic) bond motifs is 1. The van der Waals surface area contributed by atoms with Crippen molar-refractivity contribution in [3.63, 3.8) is 0 Å². The smallest absolute Gasteiger partial charge is 0.127 e. The average molecular weight is 347 g/mol. The summed E-state index contributed by atoms with van der Waals surface area (Å²) in [4.78, 5) is 7.30. The zero-order valence-corrected chi connectivity index (χ0v) is 15.4. The molecular weight excluding hydrogens is 322 g/mol. The molecule has 0 spiro atoms. The molecule has 2 aromatic carbocycles. The maximum absolute atomic E-state index is 5.33. The Morgan fingerprint density at radius 2 is 2.00 bits per heavy atom. The minimum atomic E-state index is 0.446. The molecular formula is C22H25N3O. The van der Waals surface area contributed by atoms with Crippen LogP contribution in [0.3, 0.4) is 0 Å². The molecule has 1 aliphatic rings. The van der Waals surface area contributed by atoms with Crippen LogP contribution in [0.25, 0.3) is 10.9 Å². The summed E-state index contributed by atoms with van der Waals surface area (Å²) in [5.74, 6) is 1.84. The standard InChI is InChI=1S/C22H25N3O/c1-16-12-22(24-21-9-8-19(26-2)13-20(16)21)23-18-10-11-25(15-18)14-17-6-4-3-5-7-17/h3-9,12-13,18H,10-11,14-15H2,1-2H3,(H,23,24).